The minimum atomic E-state index is -0.816. The zero-order valence-corrected chi connectivity index (χ0v) is 25.3. The first-order valence-electron chi connectivity index (χ1n) is 14.4. The molecule has 0 fully saturated rings. The standard InChI is InChI=1S/C35H34N6O4/c1-24-12-14-26(15-13-24)34(43)36-28-11-7-10-27(21-28)32-22-41(39-38-32)23-33(42)37-31(20-25-8-5-4-6-9-25)35(44)40(2)29-16-18-30(45-3)19-17-29/h4-19,21-22,31H,20,23H2,1-3H3,(H,36,43)(H,37,42). The zero-order chi connectivity index (χ0) is 31.8. The summed E-state index contributed by atoms with van der Waals surface area (Å²) in [6, 6.07) is 30.4. The second-order valence-electron chi connectivity index (χ2n) is 10.6. The molecule has 0 radical (unpaired) electrons. The average Bonchev–Trinajstić information content (AvgIpc) is 3.53. The number of rotatable bonds is 11. The van der Waals surface area contributed by atoms with Crippen LogP contribution in [0.15, 0.2) is 109 Å². The van der Waals surface area contributed by atoms with Crippen LogP contribution in [0.5, 0.6) is 5.75 Å². The molecule has 1 heterocycles. The van der Waals surface area contributed by atoms with Crippen molar-refractivity contribution in [3.05, 3.63) is 126 Å². The number of anilines is 2. The van der Waals surface area contributed by atoms with Gasteiger partial charge in [-0.05, 0) is 61.0 Å². The van der Waals surface area contributed by atoms with Gasteiger partial charge in [0.25, 0.3) is 5.91 Å². The fourth-order valence-electron chi connectivity index (χ4n) is 4.78. The van der Waals surface area contributed by atoms with Gasteiger partial charge in [-0.2, -0.15) is 0 Å². The summed E-state index contributed by atoms with van der Waals surface area (Å²) >= 11 is 0. The number of ether oxygens (including phenoxy) is 1. The summed E-state index contributed by atoms with van der Waals surface area (Å²) < 4.78 is 6.64. The molecule has 4 aromatic carbocycles. The highest BCUT2D eigenvalue weighted by molar-refractivity contribution is 6.04. The predicted molar refractivity (Wildman–Crippen MR) is 173 cm³/mol. The van der Waals surface area contributed by atoms with Crippen LogP contribution in [0.4, 0.5) is 11.4 Å². The molecule has 1 atom stereocenters. The summed E-state index contributed by atoms with van der Waals surface area (Å²) in [6.45, 7) is 1.83. The van der Waals surface area contributed by atoms with Gasteiger partial charge in [0.1, 0.15) is 24.0 Å². The van der Waals surface area contributed by atoms with Gasteiger partial charge in [0, 0.05) is 36.0 Å². The molecule has 5 rings (SSSR count). The largest absolute Gasteiger partial charge is 0.497 e. The molecule has 228 valence electrons. The van der Waals surface area contributed by atoms with Gasteiger partial charge in [-0.1, -0.05) is 65.4 Å². The van der Waals surface area contributed by atoms with E-state index >= 15 is 0 Å². The SMILES string of the molecule is COc1ccc(N(C)C(=O)C(Cc2ccccc2)NC(=O)Cn2cc(-c3cccc(NC(=O)c4ccc(C)cc4)c3)nn2)cc1. The number of carbonyl (C=O) groups is 3. The third-order valence-corrected chi connectivity index (χ3v) is 7.28. The van der Waals surface area contributed by atoms with Crippen molar-refractivity contribution in [1.82, 2.24) is 20.3 Å². The van der Waals surface area contributed by atoms with Crippen LogP contribution in [0.2, 0.25) is 0 Å². The van der Waals surface area contributed by atoms with Crippen molar-refractivity contribution in [1.29, 1.82) is 0 Å². The number of methoxy groups -OCH3 is 1. The highest BCUT2D eigenvalue weighted by Gasteiger charge is 2.26. The molecule has 0 aliphatic carbocycles. The molecule has 0 saturated heterocycles. The molecule has 10 heteroatoms. The Morgan fingerprint density at radius 1 is 0.911 bits per heavy atom. The number of hydrogen-bond donors (Lipinski definition) is 2. The van der Waals surface area contributed by atoms with E-state index in [-0.39, 0.29) is 24.3 Å². The van der Waals surface area contributed by atoms with Crippen molar-refractivity contribution in [3.8, 4) is 17.0 Å². The lowest BCUT2D eigenvalue weighted by molar-refractivity contribution is -0.127. The lowest BCUT2D eigenvalue weighted by Crippen LogP contribution is -2.49. The van der Waals surface area contributed by atoms with Crippen LogP contribution in [0, 0.1) is 6.92 Å². The smallest absolute Gasteiger partial charge is 0.255 e. The van der Waals surface area contributed by atoms with Crippen molar-refractivity contribution < 1.29 is 19.1 Å². The fraction of sp³-hybridized carbons (Fsp3) is 0.171. The number of aryl methyl sites for hydroxylation is 1. The number of nitrogens with zero attached hydrogens (tertiary/aromatic N) is 4. The first kappa shape index (κ1) is 30.7. The van der Waals surface area contributed by atoms with Gasteiger partial charge in [-0.15, -0.1) is 5.10 Å². The maximum Gasteiger partial charge on any atom is 0.255 e. The Morgan fingerprint density at radius 2 is 1.64 bits per heavy atom. The first-order chi connectivity index (χ1) is 21.8. The topological polar surface area (TPSA) is 118 Å². The second-order valence-corrected chi connectivity index (χ2v) is 10.6. The monoisotopic (exact) mass is 602 g/mol. The quantitative estimate of drug-likeness (QED) is 0.222. The maximum absolute atomic E-state index is 13.6. The molecule has 0 saturated carbocycles. The lowest BCUT2D eigenvalue weighted by Gasteiger charge is -2.25. The number of likely N-dealkylation sites (N-methyl/N-ethyl adjacent to an activating group) is 1. The van der Waals surface area contributed by atoms with Crippen LogP contribution in [0.1, 0.15) is 21.5 Å². The minimum Gasteiger partial charge on any atom is -0.497 e. The Balaban J connectivity index is 1.26. The average molecular weight is 603 g/mol. The lowest BCUT2D eigenvalue weighted by atomic mass is 10.0. The number of aromatic nitrogens is 3. The van der Waals surface area contributed by atoms with Crippen molar-refractivity contribution in [2.45, 2.75) is 25.9 Å². The number of nitrogens with one attached hydrogen (secondary N) is 2. The molecule has 0 bridgehead atoms. The van der Waals surface area contributed by atoms with Crippen molar-refractivity contribution >= 4 is 29.1 Å². The summed E-state index contributed by atoms with van der Waals surface area (Å²) in [5, 5.41) is 14.2. The van der Waals surface area contributed by atoms with Gasteiger partial charge in [0.15, 0.2) is 0 Å². The summed E-state index contributed by atoms with van der Waals surface area (Å²) in [5.74, 6) is -0.187. The highest BCUT2D eigenvalue weighted by Crippen LogP contribution is 2.22. The van der Waals surface area contributed by atoms with E-state index in [0.29, 0.717) is 34.8 Å². The van der Waals surface area contributed by atoms with E-state index in [1.54, 1.807) is 68.9 Å². The van der Waals surface area contributed by atoms with E-state index in [1.165, 1.54) is 9.58 Å². The van der Waals surface area contributed by atoms with Crippen molar-refractivity contribution in [2.75, 3.05) is 24.4 Å². The molecular formula is C35H34N6O4. The summed E-state index contributed by atoms with van der Waals surface area (Å²) in [4.78, 5) is 41.0. The molecule has 1 unspecified atom stereocenters. The van der Waals surface area contributed by atoms with Gasteiger partial charge >= 0.3 is 0 Å². The third kappa shape index (κ3) is 7.99. The third-order valence-electron chi connectivity index (χ3n) is 7.28. The molecular weight excluding hydrogens is 568 g/mol. The summed E-state index contributed by atoms with van der Waals surface area (Å²) in [6.07, 6.45) is 1.97. The van der Waals surface area contributed by atoms with E-state index in [4.69, 9.17) is 4.74 Å². The molecule has 5 aromatic rings. The molecule has 10 nitrogen and oxygen atoms in total. The minimum absolute atomic E-state index is 0.137. The summed E-state index contributed by atoms with van der Waals surface area (Å²) in [7, 11) is 3.26. The Kier molecular flexibility index (Phi) is 9.64. The van der Waals surface area contributed by atoms with Gasteiger partial charge in [0.2, 0.25) is 11.8 Å². The van der Waals surface area contributed by atoms with E-state index < -0.39 is 6.04 Å². The molecule has 2 N–H and O–H groups in total. The fourth-order valence-corrected chi connectivity index (χ4v) is 4.78. The van der Waals surface area contributed by atoms with E-state index in [2.05, 4.69) is 20.9 Å². The number of carbonyl (C=O) groups excluding carboxylic acids is 3. The van der Waals surface area contributed by atoms with Crippen LogP contribution in [0.25, 0.3) is 11.3 Å². The predicted octanol–water partition coefficient (Wildman–Crippen LogP) is 4.90. The molecule has 0 spiro atoms. The molecule has 3 amide bonds. The van der Waals surface area contributed by atoms with Gasteiger partial charge in [-0.3, -0.25) is 14.4 Å². The summed E-state index contributed by atoms with van der Waals surface area (Å²) in [5.41, 5.74) is 5.08. The maximum atomic E-state index is 13.6. The van der Waals surface area contributed by atoms with E-state index in [1.807, 2.05) is 61.5 Å². The van der Waals surface area contributed by atoms with Crippen LogP contribution in [-0.2, 0) is 22.6 Å². The van der Waals surface area contributed by atoms with Crippen LogP contribution in [0.3, 0.4) is 0 Å². The Bertz CT molecular complexity index is 1770. The molecule has 1 aromatic heterocycles. The Morgan fingerprint density at radius 3 is 2.36 bits per heavy atom. The Labute approximate surface area is 261 Å². The number of hydrogen-bond acceptors (Lipinski definition) is 6. The number of amides is 3. The second kappa shape index (κ2) is 14.1. The first-order valence-corrected chi connectivity index (χ1v) is 14.4. The van der Waals surface area contributed by atoms with Crippen molar-refractivity contribution in [2.24, 2.45) is 0 Å². The van der Waals surface area contributed by atoms with E-state index in [9.17, 15) is 14.4 Å². The highest BCUT2D eigenvalue weighted by atomic mass is 16.5. The van der Waals surface area contributed by atoms with Crippen LogP contribution >= 0.6 is 0 Å². The van der Waals surface area contributed by atoms with Gasteiger partial charge in [0.05, 0.1) is 13.3 Å². The zero-order valence-electron chi connectivity index (χ0n) is 25.3. The molecule has 0 aliphatic rings. The van der Waals surface area contributed by atoms with Crippen molar-refractivity contribution in [3.63, 3.8) is 0 Å². The van der Waals surface area contributed by atoms with Crippen LogP contribution < -0.4 is 20.3 Å². The molecule has 0 aliphatic heterocycles. The normalized spacial score (nSPS) is 11.4. The molecule has 45 heavy (non-hydrogen) atoms. The van der Waals surface area contributed by atoms with E-state index in [0.717, 1.165) is 16.7 Å². The van der Waals surface area contributed by atoms with Gasteiger partial charge in [-0.25, -0.2) is 4.68 Å². The number of benzene rings is 4. The van der Waals surface area contributed by atoms with Crippen LogP contribution in [-0.4, -0.2) is 52.9 Å². The Hall–Kier alpha value is -5.77. The van der Waals surface area contributed by atoms with Gasteiger partial charge < -0.3 is 20.3 Å².